The molecule has 0 saturated heterocycles. The van der Waals surface area contributed by atoms with Gasteiger partial charge in [-0.1, -0.05) is 6.07 Å². The summed E-state index contributed by atoms with van der Waals surface area (Å²) in [6.07, 6.45) is -0.870. The zero-order valence-electron chi connectivity index (χ0n) is 7.54. The number of nitrogens with two attached hydrogens (primary N) is 1. The molecule has 2 rings (SSSR count). The molecule has 0 spiro atoms. The van der Waals surface area contributed by atoms with E-state index in [4.69, 9.17) is 10.2 Å². The molecular weight excluding hydrogens is 218 g/mol. The van der Waals surface area contributed by atoms with Crippen LogP contribution in [0.2, 0.25) is 0 Å². The summed E-state index contributed by atoms with van der Waals surface area (Å²) in [6.45, 7) is -0.103. The second-order valence-electron chi connectivity index (χ2n) is 2.59. The van der Waals surface area contributed by atoms with Gasteiger partial charge in [0.05, 0.1) is 4.88 Å². The third-order valence-corrected chi connectivity index (χ3v) is 2.39. The molecule has 7 heteroatoms. The fourth-order valence-electron chi connectivity index (χ4n) is 0.945. The van der Waals surface area contributed by atoms with Crippen molar-refractivity contribution in [3.63, 3.8) is 0 Å². The summed E-state index contributed by atoms with van der Waals surface area (Å²) < 4.78 is 9.74. The Bertz CT molecular complexity index is 451. The Morgan fingerprint density at radius 2 is 2.47 bits per heavy atom. The number of nitrogens with zero attached hydrogens (tertiary/aromatic N) is 2. The number of rotatable bonds is 3. The Morgan fingerprint density at radius 3 is 3.13 bits per heavy atom. The van der Waals surface area contributed by atoms with Gasteiger partial charge >= 0.3 is 6.09 Å². The van der Waals surface area contributed by atoms with E-state index in [1.165, 1.54) is 11.3 Å². The van der Waals surface area contributed by atoms with Gasteiger partial charge in [0.25, 0.3) is 11.8 Å². The Hall–Kier alpha value is -1.89. The lowest BCUT2D eigenvalue weighted by atomic mass is 10.5. The molecule has 78 valence electrons. The molecule has 0 bridgehead atoms. The molecule has 0 radical (unpaired) electrons. The van der Waals surface area contributed by atoms with E-state index in [9.17, 15) is 4.79 Å². The smallest absolute Gasteiger partial charge is 0.405 e. The molecule has 0 unspecified atom stereocenters. The normalized spacial score (nSPS) is 10.1. The van der Waals surface area contributed by atoms with Gasteiger partial charge in [-0.15, -0.1) is 21.5 Å². The topological polar surface area (TPSA) is 91.2 Å². The van der Waals surface area contributed by atoms with Gasteiger partial charge in [-0.25, -0.2) is 4.79 Å². The number of aromatic nitrogens is 2. The number of hydrogen-bond acceptors (Lipinski definition) is 6. The molecule has 2 heterocycles. The molecule has 15 heavy (non-hydrogen) atoms. The van der Waals surface area contributed by atoms with E-state index < -0.39 is 6.09 Å². The summed E-state index contributed by atoms with van der Waals surface area (Å²) in [5.74, 6) is 0.630. The molecular formula is C8H7N3O3S. The van der Waals surface area contributed by atoms with Crippen LogP contribution in [0.5, 0.6) is 0 Å². The lowest BCUT2D eigenvalue weighted by Crippen LogP contribution is -2.12. The lowest BCUT2D eigenvalue weighted by Gasteiger charge is -1.94. The van der Waals surface area contributed by atoms with Crippen molar-refractivity contribution in [1.29, 1.82) is 0 Å². The van der Waals surface area contributed by atoms with Crippen LogP contribution >= 0.6 is 11.3 Å². The van der Waals surface area contributed by atoms with Crippen molar-refractivity contribution in [2.75, 3.05) is 0 Å². The van der Waals surface area contributed by atoms with E-state index in [2.05, 4.69) is 14.9 Å². The lowest BCUT2D eigenvalue weighted by molar-refractivity contribution is 0.139. The average molecular weight is 225 g/mol. The average Bonchev–Trinajstić information content (AvgIpc) is 2.85. The van der Waals surface area contributed by atoms with Crippen LogP contribution in [0.25, 0.3) is 10.8 Å². The van der Waals surface area contributed by atoms with E-state index in [0.29, 0.717) is 5.89 Å². The number of hydrogen-bond donors (Lipinski definition) is 1. The Labute approximate surface area is 88.7 Å². The minimum atomic E-state index is -0.870. The second-order valence-corrected chi connectivity index (χ2v) is 3.53. The first-order valence-electron chi connectivity index (χ1n) is 4.04. The predicted octanol–water partition coefficient (Wildman–Crippen LogP) is 1.39. The molecule has 0 saturated carbocycles. The summed E-state index contributed by atoms with van der Waals surface area (Å²) in [5, 5.41) is 9.40. The minimum absolute atomic E-state index is 0.103. The first kappa shape index (κ1) is 9.66. The maximum absolute atomic E-state index is 10.3. The number of carbonyl (C=O) groups excluding carboxylic acids is 1. The van der Waals surface area contributed by atoms with Crippen LogP contribution < -0.4 is 5.73 Å². The maximum Gasteiger partial charge on any atom is 0.405 e. The van der Waals surface area contributed by atoms with Crippen LogP contribution in [0.15, 0.2) is 21.9 Å². The van der Waals surface area contributed by atoms with Gasteiger partial charge < -0.3 is 14.9 Å². The molecule has 2 aromatic heterocycles. The van der Waals surface area contributed by atoms with Crippen molar-refractivity contribution in [3.05, 3.63) is 23.4 Å². The predicted molar refractivity (Wildman–Crippen MR) is 52.0 cm³/mol. The maximum atomic E-state index is 10.3. The Morgan fingerprint density at radius 1 is 1.60 bits per heavy atom. The van der Waals surface area contributed by atoms with Gasteiger partial charge in [0.1, 0.15) is 0 Å². The van der Waals surface area contributed by atoms with Gasteiger partial charge in [0, 0.05) is 0 Å². The van der Waals surface area contributed by atoms with Crippen LogP contribution in [-0.2, 0) is 11.3 Å². The van der Waals surface area contributed by atoms with Crippen LogP contribution in [0, 0.1) is 0 Å². The highest BCUT2D eigenvalue weighted by Gasteiger charge is 2.09. The van der Waals surface area contributed by atoms with E-state index >= 15 is 0 Å². The largest absolute Gasteiger partial charge is 0.440 e. The minimum Gasteiger partial charge on any atom is -0.440 e. The van der Waals surface area contributed by atoms with E-state index in [-0.39, 0.29) is 12.5 Å². The fraction of sp³-hybridized carbons (Fsp3) is 0.125. The molecule has 2 aromatic rings. The monoisotopic (exact) mass is 225 g/mol. The van der Waals surface area contributed by atoms with Crippen LogP contribution in [0.4, 0.5) is 4.79 Å². The Kier molecular flexibility index (Phi) is 2.64. The fourth-order valence-corrected chi connectivity index (χ4v) is 1.59. The summed E-state index contributed by atoms with van der Waals surface area (Å²) in [5.41, 5.74) is 4.79. The third kappa shape index (κ3) is 2.32. The van der Waals surface area contributed by atoms with Crippen molar-refractivity contribution in [2.45, 2.75) is 6.61 Å². The standard InChI is InChI=1S/C8H7N3O3S/c9-8(12)13-4-6-10-11-7(14-6)5-2-1-3-15-5/h1-3H,4H2,(H2,9,12). The SMILES string of the molecule is NC(=O)OCc1nnc(-c2cccs2)o1. The van der Waals surface area contributed by atoms with Crippen molar-refractivity contribution >= 4 is 17.4 Å². The second kappa shape index (κ2) is 4.09. The zero-order chi connectivity index (χ0) is 10.7. The third-order valence-electron chi connectivity index (χ3n) is 1.54. The molecule has 0 aliphatic heterocycles. The van der Waals surface area contributed by atoms with Gasteiger partial charge in [-0.05, 0) is 11.4 Å². The number of thiophene rings is 1. The van der Waals surface area contributed by atoms with Gasteiger partial charge in [0.2, 0.25) is 0 Å². The first-order valence-corrected chi connectivity index (χ1v) is 4.92. The zero-order valence-corrected chi connectivity index (χ0v) is 8.36. The summed E-state index contributed by atoms with van der Waals surface area (Å²) in [6, 6.07) is 3.74. The highest BCUT2D eigenvalue weighted by molar-refractivity contribution is 7.13. The summed E-state index contributed by atoms with van der Waals surface area (Å²) in [4.78, 5) is 11.2. The molecule has 1 amide bonds. The summed E-state index contributed by atoms with van der Waals surface area (Å²) in [7, 11) is 0. The van der Waals surface area contributed by atoms with Crippen molar-refractivity contribution in [3.8, 4) is 10.8 Å². The van der Waals surface area contributed by atoms with Crippen LogP contribution in [-0.4, -0.2) is 16.3 Å². The molecule has 6 nitrogen and oxygen atoms in total. The molecule has 0 aliphatic rings. The number of ether oxygens (including phenoxy) is 1. The van der Waals surface area contributed by atoms with Gasteiger partial charge in [-0.3, -0.25) is 0 Å². The Balaban J connectivity index is 2.08. The van der Waals surface area contributed by atoms with Crippen molar-refractivity contribution < 1.29 is 13.9 Å². The van der Waals surface area contributed by atoms with E-state index in [1.807, 2.05) is 17.5 Å². The number of primary amides is 1. The van der Waals surface area contributed by atoms with Crippen molar-refractivity contribution in [1.82, 2.24) is 10.2 Å². The molecule has 0 aliphatic carbocycles. The molecule has 0 aromatic carbocycles. The molecule has 0 atom stereocenters. The number of carbonyl (C=O) groups is 1. The van der Waals surface area contributed by atoms with Gasteiger partial charge in [-0.2, -0.15) is 0 Å². The highest BCUT2D eigenvalue weighted by Crippen LogP contribution is 2.22. The summed E-state index contributed by atoms with van der Waals surface area (Å²) >= 11 is 1.49. The first-order chi connectivity index (χ1) is 7.25. The van der Waals surface area contributed by atoms with E-state index in [1.54, 1.807) is 0 Å². The van der Waals surface area contributed by atoms with Crippen LogP contribution in [0.3, 0.4) is 0 Å². The molecule has 2 N–H and O–H groups in total. The van der Waals surface area contributed by atoms with Gasteiger partial charge in [0.15, 0.2) is 6.61 Å². The van der Waals surface area contributed by atoms with Crippen molar-refractivity contribution in [2.24, 2.45) is 5.73 Å². The van der Waals surface area contributed by atoms with Crippen LogP contribution in [0.1, 0.15) is 5.89 Å². The molecule has 0 fully saturated rings. The van der Waals surface area contributed by atoms with E-state index in [0.717, 1.165) is 4.88 Å². The quantitative estimate of drug-likeness (QED) is 0.852. The number of amides is 1. The highest BCUT2D eigenvalue weighted by atomic mass is 32.1.